The molecule has 2 aromatic rings. The largest absolute Gasteiger partial charge is 0.507 e. The number of carbonyl (C=O) groups is 2. The Labute approximate surface area is 163 Å². The van der Waals surface area contributed by atoms with Gasteiger partial charge in [0, 0.05) is 23.7 Å². The Morgan fingerprint density at radius 3 is 2.33 bits per heavy atom. The van der Waals surface area contributed by atoms with E-state index in [1.807, 2.05) is 25.1 Å². The van der Waals surface area contributed by atoms with Crippen molar-refractivity contribution in [1.29, 1.82) is 0 Å². The second kappa shape index (κ2) is 7.94. The standard InChI is InChI=1S/C21H21ClN2O3/c1-23(2)12-13-24-18(15-10-6-7-11-16(15)22)17(20(26)21(24)27)19(25)14-8-4-3-5-9-14/h3-11,18,25H,12-13H2,1-2H3/b19-17+/t18-/m1/s1. The van der Waals surface area contributed by atoms with Crippen molar-refractivity contribution in [3.8, 4) is 0 Å². The summed E-state index contributed by atoms with van der Waals surface area (Å²) in [4.78, 5) is 28.9. The van der Waals surface area contributed by atoms with E-state index in [1.54, 1.807) is 48.5 Å². The highest BCUT2D eigenvalue weighted by atomic mass is 35.5. The van der Waals surface area contributed by atoms with Gasteiger partial charge in [-0.05, 0) is 25.7 Å². The third kappa shape index (κ3) is 3.75. The maximum atomic E-state index is 12.8. The summed E-state index contributed by atoms with van der Waals surface area (Å²) in [5.74, 6) is -1.51. The highest BCUT2D eigenvalue weighted by Gasteiger charge is 2.46. The number of nitrogens with zero attached hydrogens (tertiary/aromatic N) is 2. The lowest BCUT2D eigenvalue weighted by Crippen LogP contribution is -2.35. The zero-order valence-corrected chi connectivity index (χ0v) is 16.0. The number of amides is 1. The molecule has 1 N–H and O–H groups in total. The van der Waals surface area contributed by atoms with Crippen molar-refractivity contribution in [2.45, 2.75) is 6.04 Å². The van der Waals surface area contributed by atoms with Crippen molar-refractivity contribution in [2.75, 3.05) is 27.2 Å². The van der Waals surface area contributed by atoms with Gasteiger partial charge in [-0.1, -0.05) is 60.1 Å². The smallest absolute Gasteiger partial charge is 0.295 e. The third-order valence-corrected chi connectivity index (χ3v) is 4.92. The second-order valence-corrected chi connectivity index (χ2v) is 7.09. The maximum Gasteiger partial charge on any atom is 0.295 e. The molecule has 140 valence electrons. The monoisotopic (exact) mass is 384 g/mol. The number of likely N-dealkylation sites (N-methyl/N-ethyl adjacent to an activating group) is 1. The average molecular weight is 385 g/mol. The molecule has 0 unspecified atom stereocenters. The van der Waals surface area contributed by atoms with Crippen LogP contribution >= 0.6 is 11.6 Å². The Hall–Kier alpha value is -2.63. The van der Waals surface area contributed by atoms with Crippen LogP contribution in [0, 0.1) is 0 Å². The van der Waals surface area contributed by atoms with Crippen molar-refractivity contribution < 1.29 is 14.7 Å². The van der Waals surface area contributed by atoms with E-state index in [0.29, 0.717) is 29.2 Å². The van der Waals surface area contributed by atoms with Crippen LogP contribution in [0.5, 0.6) is 0 Å². The molecule has 0 radical (unpaired) electrons. The summed E-state index contributed by atoms with van der Waals surface area (Å²) in [5, 5.41) is 11.3. The summed E-state index contributed by atoms with van der Waals surface area (Å²) < 4.78 is 0. The second-order valence-electron chi connectivity index (χ2n) is 6.68. The van der Waals surface area contributed by atoms with Gasteiger partial charge in [-0.3, -0.25) is 9.59 Å². The van der Waals surface area contributed by atoms with Gasteiger partial charge in [-0.15, -0.1) is 0 Å². The summed E-state index contributed by atoms with van der Waals surface area (Å²) in [5.41, 5.74) is 1.17. The molecular weight excluding hydrogens is 364 g/mol. The summed E-state index contributed by atoms with van der Waals surface area (Å²) in [6.07, 6.45) is 0. The first-order chi connectivity index (χ1) is 12.9. The lowest BCUT2D eigenvalue weighted by atomic mass is 9.95. The van der Waals surface area contributed by atoms with E-state index in [4.69, 9.17) is 11.6 Å². The number of Topliss-reactive ketones (excluding diaryl/α,β-unsaturated/α-hetero) is 1. The average Bonchev–Trinajstić information content (AvgIpc) is 2.91. The molecule has 3 rings (SSSR count). The molecule has 27 heavy (non-hydrogen) atoms. The van der Waals surface area contributed by atoms with Crippen molar-refractivity contribution in [1.82, 2.24) is 9.80 Å². The molecule has 6 heteroatoms. The molecule has 1 amide bonds. The first-order valence-electron chi connectivity index (χ1n) is 8.64. The summed E-state index contributed by atoms with van der Waals surface area (Å²) in [7, 11) is 3.79. The summed E-state index contributed by atoms with van der Waals surface area (Å²) >= 11 is 6.38. The van der Waals surface area contributed by atoms with Crippen molar-refractivity contribution in [3.63, 3.8) is 0 Å². The molecule has 1 aliphatic heterocycles. The Morgan fingerprint density at radius 2 is 1.70 bits per heavy atom. The Morgan fingerprint density at radius 1 is 1.07 bits per heavy atom. The van der Waals surface area contributed by atoms with Crippen LogP contribution in [0.15, 0.2) is 60.2 Å². The minimum atomic E-state index is -0.723. The summed E-state index contributed by atoms with van der Waals surface area (Å²) in [6, 6.07) is 15.1. The number of likely N-dealkylation sites (tertiary alicyclic amines) is 1. The van der Waals surface area contributed by atoms with Crippen LogP contribution in [-0.4, -0.2) is 53.8 Å². The van der Waals surface area contributed by atoms with Crippen LogP contribution in [0.1, 0.15) is 17.2 Å². The highest BCUT2D eigenvalue weighted by Crippen LogP contribution is 2.41. The zero-order chi connectivity index (χ0) is 19.6. The van der Waals surface area contributed by atoms with Crippen molar-refractivity contribution in [2.24, 2.45) is 0 Å². The fourth-order valence-electron chi connectivity index (χ4n) is 3.19. The number of carbonyl (C=O) groups excluding carboxylic acids is 2. The highest BCUT2D eigenvalue weighted by molar-refractivity contribution is 6.47. The number of aliphatic hydroxyl groups excluding tert-OH is 1. The van der Waals surface area contributed by atoms with Gasteiger partial charge in [-0.2, -0.15) is 0 Å². The number of hydrogen-bond acceptors (Lipinski definition) is 4. The minimum absolute atomic E-state index is 0.0676. The minimum Gasteiger partial charge on any atom is -0.507 e. The first kappa shape index (κ1) is 19.1. The van der Waals surface area contributed by atoms with E-state index in [9.17, 15) is 14.7 Å². The van der Waals surface area contributed by atoms with Gasteiger partial charge < -0.3 is 14.9 Å². The fraction of sp³-hybridized carbons (Fsp3) is 0.238. The Kier molecular flexibility index (Phi) is 5.63. The summed E-state index contributed by atoms with van der Waals surface area (Å²) in [6.45, 7) is 0.929. The number of ketones is 1. The molecule has 0 saturated carbocycles. The van der Waals surface area contributed by atoms with Gasteiger partial charge >= 0.3 is 0 Å². The number of rotatable bonds is 5. The fourth-order valence-corrected chi connectivity index (χ4v) is 3.43. The molecule has 0 aliphatic carbocycles. The number of hydrogen-bond donors (Lipinski definition) is 1. The molecule has 1 fully saturated rings. The SMILES string of the molecule is CN(C)CCN1C(=O)C(=O)/C(=C(/O)c2ccccc2)[C@H]1c1ccccc1Cl. The van der Waals surface area contributed by atoms with Crippen molar-refractivity contribution >= 4 is 29.1 Å². The number of benzene rings is 2. The number of aliphatic hydroxyl groups is 1. The van der Waals surface area contributed by atoms with E-state index in [1.165, 1.54) is 4.90 Å². The molecule has 1 heterocycles. The van der Waals surface area contributed by atoms with Crippen LogP contribution in [-0.2, 0) is 9.59 Å². The van der Waals surface area contributed by atoms with Gasteiger partial charge in [0.1, 0.15) is 5.76 Å². The Bertz CT molecular complexity index is 893. The van der Waals surface area contributed by atoms with Gasteiger partial charge in [0.05, 0.1) is 11.6 Å². The molecule has 1 atom stereocenters. The van der Waals surface area contributed by atoms with Gasteiger partial charge in [0.25, 0.3) is 11.7 Å². The number of halogens is 1. The van der Waals surface area contributed by atoms with E-state index in [0.717, 1.165) is 0 Å². The molecule has 5 nitrogen and oxygen atoms in total. The van der Waals surface area contributed by atoms with Gasteiger partial charge in [0.15, 0.2) is 0 Å². The van der Waals surface area contributed by atoms with Gasteiger partial charge in [0.2, 0.25) is 0 Å². The zero-order valence-electron chi connectivity index (χ0n) is 15.2. The molecule has 1 aliphatic rings. The van der Waals surface area contributed by atoms with Crippen LogP contribution in [0.4, 0.5) is 0 Å². The van der Waals surface area contributed by atoms with E-state index in [-0.39, 0.29) is 11.3 Å². The third-order valence-electron chi connectivity index (χ3n) is 4.58. The molecule has 2 aromatic carbocycles. The van der Waals surface area contributed by atoms with Crippen LogP contribution in [0.25, 0.3) is 5.76 Å². The van der Waals surface area contributed by atoms with E-state index >= 15 is 0 Å². The molecular formula is C21H21ClN2O3. The van der Waals surface area contributed by atoms with Crippen LogP contribution in [0.3, 0.4) is 0 Å². The van der Waals surface area contributed by atoms with Crippen molar-refractivity contribution in [3.05, 3.63) is 76.3 Å². The molecule has 0 aromatic heterocycles. The Balaban J connectivity index is 2.17. The normalized spacial score (nSPS) is 19.1. The lowest BCUT2D eigenvalue weighted by molar-refractivity contribution is -0.140. The van der Waals surface area contributed by atoms with Gasteiger partial charge in [-0.25, -0.2) is 0 Å². The lowest BCUT2D eigenvalue weighted by Gasteiger charge is -2.27. The molecule has 0 bridgehead atoms. The quantitative estimate of drug-likeness (QED) is 0.488. The first-order valence-corrected chi connectivity index (χ1v) is 9.02. The molecule has 0 spiro atoms. The predicted octanol–water partition coefficient (Wildman–Crippen LogP) is 3.32. The molecule has 1 saturated heterocycles. The van der Waals surface area contributed by atoms with E-state index in [2.05, 4.69) is 0 Å². The van der Waals surface area contributed by atoms with E-state index < -0.39 is 17.7 Å². The maximum absolute atomic E-state index is 12.8. The van der Waals surface area contributed by atoms with Crippen LogP contribution < -0.4 is 0 Å². The topological polar surface area (TPSA) is 60.9 Å². The predicted molar refractivity (Wildman–Crippen MR) is 105 cm³/mol. The van der Waals surface area contributed by atoms with Crippen LogP contribution in [0.2, 0.25) is 5.02 Å².